The third-order valence-electron chi connectivity index (χ3n) is 3.68. The lowest BCUT2D eigenvalue weighted by Gasteiger charge is -2.24. The van der Waals surface area contributed by atoms with Gasteiger partial charge in [0.25, 0.3) is 0 Å². The van der Waals surface area contributed by atoms with Gasteiger partial charge in [-0.1, -0.05) is 59.6 Å². The van der Waals surface area contributed by atoms with Crippen molar-refractivity contribution in [3.63, 3.8) is 0 Å². The van der Waals surface area contributed by atoms with E-state index in [1.807, 2.05) is 35.2 Å². The van der Waals surface area contributed by atoms with Crippen molar-refractivity contribution in [2.45, 2.75) is 11.8 Å². The molecule has 0 aliphatic carbocycles. The summed E-state index contributed by atoms with van der Waals surface area (Å²) in [5.41, 5.74) is 2.26. The Bertz CT molecular complexity index is 678. The van der Waals surface area contributed by atoms with Gasteiger partial charge in [-0.25, -0.2) is 0 Å². The van der Waals surface area contributed by atoms with E-state index < -0.39 is 0 Å². The van der Waals surface area contributed by atoms with E-state index in [1.165, 1.54) is 5.56 Å². The molecular weight excluding hydrogens is 337 g/mol. The van der Waals surface area contributed by atoms with Crippen molar-refractivity contribution in [1.29, 1.82) is 0 Å². The van der Waals surface area contributed by atoms with Crippen molar-refractivity contribution in [2.24, 2.45) is 0 Å². The SMILES string of the molecule is O=C1CSC(c2ccc(Cl)c(Cl)c2)N1CCc1ccccc1. The number of hydrogen-bond acceptors (Lipinski definition) is 2. The van der Waals surface area contributed by atoms with Gasteiger partial charge in [0.05, 0.1) is 15.8 Å². The summed E-state index contributed by atoms with van der Waals surface area (Å²) in [6.07, 6.45) is 0.852. The Balaban J connectivity index is 1.75. The molecule has 3 rings (SSSR count). The quantitative estimate of drug-likeness (QED) is 0.787. The number of carbonyl (C=O) groups excluding carboxylic acids is 1. The van der Waals surface area contributed by atoms with Gasteiger partial charge in [-0.15, -0.1) is 11.8 Å². The Morgan fingerprint density at radius 1 is 1.09 bits per heavy atom. The molecule has 0 aromatic heterocycles. The Kier molecular flexibility index (Phi) is 4.97. The lowest BCUT2D eigenvalue weighted by molar-refractivity contribution is -0.128. The first-order valence-corrected chi connectivity index (χ1v) is 8.85. The van der Waals surface area contributed by atoms with Crippen LogP contribution in [0, 0.1) is 0 Å². The van der Waals surface area contributed by atoms with Gasteiger partial charge in [-0.3, -0.25) is 4.79 Å². The zero-order valence-corrected chi connectivity index (χ0v) is 14.2. The third-order valence-corrected chi connectivity index (χ3v) is 5.68. The Hall–Kier alpha value is -1.16. The van der Waals surface area contributed by atoms with Gasteiger partial charge in [-0.2, -0.15) is 0 Å². The second-order valence-electron chi connectivity index (χ2n) is 5.16. The van der Waals surface area contributed by atoms with Gasteiger partial charge < -0.3 is 4.90 Å². The average Bonchev–Trinajstić information content (AvgIpc) is 2.90. The van der Waals surface area contributed by atoms with Gasteiger partial charge in [0.1, 0.15) is 5.37 Å². The number of rotatable bonds is 4. The summed E-state index contributed by atoms with van der Waals surface area (Å²) >= 11 is 13.7. The van der Waals surface area contributed by atoms with Gasteiger partial charge in [0.2, 0.25) is 5.91 Å². The summed E-state index contributed by atoms with van der Waals surface area (Å²) < 4.78 is 0. The van der Waals surface area contributed by atoms with Crippen LogP contribution >= 0.6 is 35.0 Å². The molecule has 22 heavy (non-hydrogen) atoms. The van der Waals surface area contributed by atoms with Gasteiger partial charge in [-0.05, 0) is 29.7 Å². The number of nitrogens with zero attached hydrogens (tertiary/aromatic N) is 1. The molecule has 1 aliphatic rings. The van der Waals surface area contributed by atoms with E-state index >= 15 is 0 Å². The van der Waals surface area contributed by atoms with E-state index in [0.717, 1.165) is 12.0 Å². The summed E-state index contributed by atoms with van der Waals surface area (Å²) in [5, 5.41) is 1.09. The van der Waals surface area contributed by atoms with Gasteiger partial charge in [0.15, 0.2) is 0 Å². The van der Waals surface area contributed by atoms with E-state index in [-0.39, 0.29) is 11.3 Å². The summed E-state index contributed by atoms with van der Waals surface area (Å²) in [7, 11) is 0. The van der Waals surface area contributed by atoms with Crippen molar-refractivity contribution in [3.05, 3.63) is 69.7 Å². The highest BCUT2D eigenvalue weighted by molar-refractivity contribution is 8.00. The molecule has 2 aromatic rings. The topological polar surface area (TPSA) is 20.3 Å². The summed E-state index contributed by atoms with van der Waals surface area (Å²) in [6, 6.07) is 15.8. The molecule has 0 bridgehead atoms. The lowest BCUT2D eigenvalue weighted by Crippen LogP contribution is -2.30. The molecule has 0 spiro atoms. The monoisotopic (exact) mass is 351 g/mol. The second-order valence-corrected chi connectivity index (χ2v) is 7.04. The molecule has 0 N–H and O–H groups in total. The van der Waals surface area contributed by atoms with Gasteiger partial charge >= 0.3 is 0 Å². The fourth-order valence-electron chi connectivity index (χ4n) is 2.53. The van der Waals surface area contributed by atoms with E-state index in [9.17, 15) is 4.79 Å². The molecule has 0 saturated carbocycles. The van der Waals surface area contributed by atoms with Crippen LogP contribution < -0.4 is 0 Å². The zero-order chi connectivity index (χ0) is 15.5. The maximum atomic E-state index is 12.2. The Morgan fingerprint density at radius 2 is 1.86 bits per heavy atom. The molecule has 2 nitrogen and oxygen atoms in total. The molecule has 1 atom stereocenters. The lowest BCUT2D eigenvalue weighted by atomic mass is 10.1. The van der Waals surface area contributed by atoms with E-state index in [2.05, 4.69) is 12.1 Å². The van der Waals surface area contributed by atoms with Crippen LogP contribution in [-0.2, 0) is 11.2 Å². The van der Waals surface area contributed by atoms with E-state index in [0.29, 0.717) is 22.3 Å². The summed E-state index contributed by atoms with van der Waals surface area (Å²) in [5.74, 6) is 0.691. The van der Waals surface area contributed by atoms with Crippen molar-refractivity contribution in [3.8, 4) is 0 Å². The molecule has 1 heterocycles. The Morgan fingerprint density at radius 3 is 2.59 bits per heavy atom. The predicted octanol–water partition coefficient (Wildman–Crippen LogP) is 4.81. The second kappa shape index (κ2) is 6.95. The highest BCUT2D eigenvalue weighted by atomic mass is 35.5. The first-order chi connectivity index (χ1) is 10.6. The molecule has 1 saturated heterocycles. The van der Waals surface area contributed by atoms with Crippen LogP contribution in [0.15, 0.2) is 48.5 Å². The normalized spacial score (nSPS) is 18.0. The smallest absolute Gasteiger partial charge is 0.233 e. The molecule has 2 aromatic carbocycles. The number of halogens is 2. The fraction of sp³-hybridized carbons (Fsp3) is 0.235. The average molecular weight is 352 g/mol. The van der Waals surface area contributed by atoms with Crippen molar-refractivity contribution >= 4 is 40.9 Å². The molecule has 1 fully saturated rings. The van der Waals surface area contributed by atoms with Crippen molar-refractivity contribution in [2.75, 3.05) is 12.3 Å². The molecule has 1 amide bonds. The molecule has 5 heteroatoms. The number of benzene rings is 2. The van der Waals surface area contributed by atoms with Crippen LogP contribution in [0.5, 0.6) is 0 Å². The zero-order valence-electron chi connectivity index (χ0n) is 11.8. The molecule has 114 valence electrons. The molecule has 0 radical (unpaired) electrons. The number of amides is 1. The largest absolute Gasteiger partial charge is 0.325 e. The fourth-order valence-corrected chi connectivity index (χ4v) is 4.05. The third kappa shape index (κ3) is 3.43. The highest BCUT2D eigenvalue weighted by Crippen LogP contribution is 2.40. The molecule has 1 aliphatic heterocycles. The summed E-state index contributed by atoms with van der Waals surface area (Å²) in [6.45, 7) is 0.709. The standard InChI is InChI=1S/C17H15Cl2NOS/c18-14-7-6-13(10-15(14)19)17-20(16(21)11-22-17)9-8-12-4-2-1-3-5-12/h1-7,10,17H,8-9,11H2. The van der Waals surface area contributed by atoms with Crippen LogP contribution in [0.25, 0.3) is 0 Å². The molecule has 1 unspecified atom stereocenters. The minimum absolute atomic E-state index is 0.0194. The van der Waals surface area contributed by atoms with Crippen molar-refractivity contribution < 1.29 is 4.79 Å². The summed E-state index contributed by atoms with van der Waals surface area (Å²) in [4.78, 5) is 14.1. The maximum absolute atomic E-state index is 12.2. The first kappa shape index (κ1) is 15.7. The van der Waals surface area contributed by atoms with E-state index in [4.69, 9.17) is 23.2 Å². The maximum Gasteiger partial charge on any atom is 0.233 e. The van der Waals surface area contributed by atoms with Crippen LogP contribution in [0.2, 0.25) is 10.0 Å². The number of carbonyl (C=O) groups is 1. The minimum atomic E-state index is 0.0194. The van der Waals surface area contributed by atoms with Crippen LogP contribution in [0.3, 0.4) is 0 Å². The molecular formula is C17H15Cl2NOS. The number of thioether (sulfide) groups is 1. The Labute approximate surface area is 144 Å². The van der Waals surface area contributed by atoms with Crippen molar-refractivity contribution in [1.82, 2.24) is 4.90 Å². The number of hydrogen-bond donors (Lipinski definition) is 0. The minimum Gasteiger partial charge on any atom is -0.325 e. The van der Waals surface area contributed by atoms with Crippen LogP contribution in [0.4, 0.5) is 0 Å². The highest BCUT2D eigenvalue weighted by Gasteiger charge is 2.32. The van der Waals surface area contributed by atoms with Gasteiger partial charge in [0, 0.05) is 6.54 Å². The van der Waals surface area contributed by atoms with E-state index in [1.54, 1.807) is 17.8 Å². The first-order valence-electron chi connectivity index (χ1n) is 7.05. The van der Waals surface area contributed by atoms with Crippen LogP contribution in [-0.4, -0.2) is 23.1 Å². The van der Waals surface area contributed by atoms with Crippen LogP contribution in [0.1, 0.15) is 16.5 Å². The predicted molar refractivity (Wildman–Crippen MR) is 93.5 cm³/mol.